The number of carbonyl (C=O) groups is 2. The van der Waals surface area contributed by atoms with Crippen molar-refractivity contribution in [3.63, 3.8) is 0 Å². The molecular weight excluding hydrogens is 428 g/mol. The van der Waals surface area contributed by atoms with Gasteiger partial charge in [-0.25, -0.2) is 0 Å². The van der Waals surface area contributed by atoms with Crippen LogP contribution in [0.5, 0.6) is 0 Å². The Bertz CT molecular complexity index is 815. The van der Waals surface area contributed by atoms with E-state index in [0.717, 1.165) is 24.5 Å². The Morgan fingerprint density at radius 2 is 1.78 bits per heavy atom. The molecule has 4 rings (SSSR count). The molecule has 0 bridgehead atoms. The zero-order valence-electron chi connectivity index (χ0n) is 19.4. The first kappa shape index (κ1) is 23.5. The molecule has 0 radical (unpaired) electrons. The molecule has 0 saturated carbocycles. The van der Waals surface area contributed by atoms with E-state index < -0.39 is 16.8 Å². The van der Waals surface area contributed by atoms with Crippen LogP contribution in [0.15, 0.2) is 29.2 Å². The van der Waals surface area contributed by atoms with Crippen LogP contribution < -0.4 is 5.32 Å². The maximum absolute atomic E-state index is 13.3. The fraction of sp³-hybridized carbons (Fsp3) is 0.652. The van der Waals surface area contributed by atoms with Crippen LogP contribution in [0.4, 0.5) is 0 Å². The standard InChI is InChI=1S/C23H36N4O4S.H2/c1-18(2)20-7-9-21(10-8-20)32(30-31-32)27-16-15-26(19(3)28)17-22(27)23(29)24-11-14-25-12-5-4-6-13-25;/h7-10,18,22H,4-6,11-17H2,1-3H3,(H,24,29);1H/t22-;/m1./s1. The van der Waals surface area contributed by atoms with E-state index in [9.17, 15) is 9.59 Å². The minimum absolute atomic E-state index is 0. The van der Waals surface area contributed by atoms with E-state index in [2.05, 4.69) is 36.2 Å². The number of hydrogen-bond acceptors (Lipinski definition) is 6. The van der Waals surface area contributed by atoms with Crippen molar-refractivity contribution in [1.82, 2.24) is 19.4 Å². The molecular formula is C23H38N4O4S. The fourth-order valence-electron chi connectivity index (χ4n) is 4.53. The molecule has 3 saturated heterocycles. The van der Waals surface area contributed by atoms with Crippen molar-refractivity contribution in [2.45, 2.75) is 56.9 Å². The van der Waals surface area contributed by atoms with Gasteiger partial charge in [-0.05, 0) is 60.3 Å². The average molecular weight is 467 g/mol. The Balaban J connectivity index is 0.00000306. The molecule has 1 aromatic carbocycles. The van der Waals surface area contributed by atoms with Gasteiger partial charge in [0.05, 0.1) is 4.90 Å². The van der Waals surface area contributed by atoms with Crippen LogP contribution in [0.2, 0.25) is 0 Å². The summed E-state index contributed by atoms with van der Waals surface area (Å²) in [7, 11) is -2.12. The minimum atomic E-state index is -2.12. The first-order valence-electron chi connectivity index (χ1n) is 11.7. The van der Waals surface area contributed by atoms with E-state index in [1.165, 1.54) is 24.8 Å². The van der Waals surface area contributed by atoms with Gasteiger partial charge >= 0.3 is 0 Å². The van der Waals surface area contributed by atoms with E-state index in [4.69, 9.17) is 8.67 Å². The number of carbonyl (C=O) groups excluding carboxylic acids is 2. The zero-order valence-corrected chi connectivity index (χ0v) is 20.2. The van der Waals surface area contributed by atoms with Crippen LogP contribution in [0, 0.1) is 0 Å². The van der Waals surface area contributed by atoms with Gasteiger partial charge in [0, 0.05) is 41.1 Å². The second kappa shape index (κ2) is 10.1. The summed E-state index contributed by atoms with van der Waals surface area (Å²) < 4.78 is 13.3. The molecule has 1 atom stereocenters. The van der Waals surface area contributed by atoms with E-state index in [0.29, 0.717) is 32.1 Å². The highest BCUT2D eigenvalue weighted by molar-refractivity contribution is 8.27. The van der Waals surface area contributed by atoms with Crippen molar-refractivity contribution in [3.8, 4) is 0 Å². The summed E-state index contributed by atoms with van der Waals surface area (Å²) in [5.41, 5.74) is 1.25. The largest absolute Gasteiger partial charge is 0.353 e. The Hall–Kier alpha value is -1.65. The van der Waals surface area contributed by atoms with Gasteiger partial charge in [-0.15, -0.1) is 0 Å². The molecule has 3 aliphatic heterocycles. The van der Waals surface area contributed by atoms with Gasteiger partial charge in [-0.1, -0.05) is 41.1 Å². The quantitative estimate of drug-likeness (QED) is 0.491. The number of amides is 2. The van der Waals surface area contributed by atoms with E-state index >= 15 is 0 Å². The summed E-state index contributed by atoms with van der Waals surface area (Å²) in [6.07, 6.45) is 3.76. The molecule has 180 valence electrons. The monoisotopic (exact) mass is 466 g/mol. The van der Waals surface area contributed by atoms with Crippen molar-refractivity contribution in [1.29, 1.82) is 0 Å². The number of rotatable bonds is 7. The molecule has 3 heterocycles. The lowest BCUT2D eigenvalue weighted by Gasteiger charge is -2.43. The topological polar surface area (TPSA) is 81.0 Å². The minimum Gasteiger partial charge on any atom is -0.353 e. The van der Waals surface area contributed by atoms with Gasteiger partial charge in [-0.2, -0.15) is 4.31 Å². The number of piperazine rings is 1. The summed E-state index contributed by atoms with van der Waals surface area (Å²) in [6.45, 7) is 11.0. The maximum Gasteiger partial charge on any atom is 0.240 e. The molecule has 32 heavy (non-hydrogen) atoms. The van der Waals surface area contributed by atoms with Crippen molar-refractivity contribution >= 4 is 22.6 Å². The molecule has 9 heteroatoms. The Morgan fingerprint density at radius 1 is 1.09 bits per heavy atom. The van der Waals surface area contributed by atoms with Crippen molar-refractivity contribution in [2.75, 3.05) is 45.8 Å². The van der Waals surface area contributed by atoms with Crippen LogP contribution in [-0.4, -0.2) is 77.8 Å². The number of hydrogen-bond donors (Lipinski definition) is 1. The van der Waals surface area contributed by atoms with Gasteiger partial charge in [-0.3, -0.25) is 9.59 Å². The molecule has 1 N–H and O–H groups in total. The normalized spacial score (nSPS) is 24.9. The third kappa shape index (κ3) is 5.12. The first-order valence-corrected chi connectivity index (χ1v) is 13.2. The van der Waals surface area contributed by atoms with E-state index in [-0.39, 0.29) is 13.2 Å². The lowest BCUT2D eigenvalue weighted by molar-refractivity contribution is -0.134. The molecule has 2 amide bonds. The molecule has 0 spiro atoms. The molecule has 3 aliphatic rings. The summed E-state index contributed by atoms with van der Waals surface area (Å²) in [5.74, 6) is 0.352. The molecule has 0 unspecified atom stereocenters. The zero-order chi connectivity index (χ0) is 22.7. The lowest BCUT2D eigenvalue weighted by Crippen LogP contribution is -2.59. The number of nitrogens with one attached hydrogen (secondary N) is 1. The van der Waals surface area contributed by atoms with Crippen molar-refractivity contribution < 1.29 is 19.7 Å². The van der Waals surface area contributed by atoms with Crippen LogP contribution in [0.25, 0.3) is 0 Å². The van der Waals surface area contributed by atoms with Crippen molar-refractivity contribution in [2.24, 2.45) is 0 Å². The van der Waals surface area contributed by atoms with Gasteiger partial charge in [0.15, 0.2) is 0 Å². The average Bonchev–Trinajstić information content (AvgIpc) is 3.61. The molecule has 1 aromatic rings. The summed E-state index contributed by atoms with van der Waals surface area (Å²) in [5, 5.41) is 3.11. The number of nitrogens with zero attached hydrogens (tertiary/aromatic N) is 3. The third-order valence-corrected chi connectivity index (χ3v) is 8.92. The smallest absolute Gasteiger partial charge is 0.240 e. The van der Waals surface area contributed by atoms with Gasteiger partial charge < -0.3 is 15.1 Å². The van der Waals surface area contributed by atoms with E-state index in [1.54, 1.807) is 11.8 Å². The summed E-state index contributed by atoms with van der Waals surface area (Å²) >= 11 is 0. The predicted octanol–water partition coefficient (Wildman–Crippen LogP) is 3.06. The van der Waals surface area contributed by atoms with Crippen LogP contribution in [0.1, 0.15) is 52.9 Å². The highest BCUT2D eigenvalue weighted by Gasteiger charge is 2.53. The number of piperidine rings is 1. The Morgan fingerprint density at radius 3 is 2.38 bits per heavy atom. The second-order valence-corrected chi connectivity index (χ2v) is 11.3. The summed E-state index contributed by atoms with van der Waals surface area (Å²) in [6, 6.07) is 7.77. The predicted molar refractivity (Wildman–Crippen MR) is 127 cm³/mol. The molecule has 3 fully saturated rings. The fourth-order valence-corrected chi connectivity index (χ4v) is 6.63. The van der Waals surface area contributed by atoms with Crippen LogP contribution in [0.3, 0.4) is 0 Å². The molecule has 8 nitrogen and oxygen atoms in total. The highest BCUT2D eigenvalue weighted by atomic mass is 32.3. The van der Waals surface area contributed by atoms with Gasteiger partial charge in [0.1, 0.15) is 6.04 Å². The number of likely N-dealkylation sites (tertiary alicyclic amines) is 1. The summed E-state index contributed by atoms with van der Waals surface area (Å²) in [4.78, 5) is 30.4. The molecule has 0 aliphatic carbocycles. The third-order valence-electron chi connectivity index (χ3n) is 6.61. The van der Waals surface area contributed by atoms with Crippen LogP contribution in [-0.2, 0) is 18.3 Å². The first-order chi connectivity index (χ1) is 15.4. The number of benzene rings is 1. The maximum atomic E-state index is 13.3. The van der Waals surface area contributed by atoms with E-state index in [1.807, 2.05) is 16.4 Å². The van der Waals surface area contributed by atoms with Crippen LogP contribution >= 0.6 is 10.8 Å². The van der Waals surface area contributed by atoms with Gasteiger partial charge in [0.2, 0.25) is 11.8 Å². The van der Waals surface area contributed by atoms with Crippen molar-refractivity contribution in [3.05, 3.63) is 29.8 Å². The highest BCUT2D eigenvalue weighted by Crippen LogP contribution is 2.74. The Labute approximate surface area is 194 Å². The SMILES string of the molecule is CC(=O)N1CCN(S2(c3ccc(C(C)C)cc3)OO2)[C@@H](C(=O)NCCN2CCCCC2)C1.[HH]. The Kier molecular flexibility index (Phi) is 7.41. The second-order valence-electron chi connectivity index (χ2n) is 9.15. The molecule has 0 aromatic heterocycles. The van der Waals surface area contributed by atoms with Gasteiger partial charge in [0.25, 0.3) is 0 Å². The lowest BCUT2D eigenvalue weighted by atomic mass is 10.0.